The number of rotatable bonds is 4. The molecule has 2 heterocycles. The average molecular weight is 314 g/mol. The second-order valence-electron chi connectivity index (χ2n) is 5.95. The molecule has 1 aromatic rings. The number of thioether (sulfide) groups is 1. The third kappa shape index (κ3) is 4.66. The number of ether oxygens (including phenoxy) is 1. The van der Waals surface area contributed by atoms with Crippen molar-refractivity contribution < 1.29 is 9.53 Å². The summed E-state index contributed by atoms with van der Waals surface area (Å²) in [5.41, 5.74) is 1.44. The molecule has 6 heteroatoms. The van der Waals surface area contributed by atoms with Crippen LogP contribution < -0.4 is 0 Å². The summed E-state index contributed by atoms with van der Waals surface area (Å²) in [5.74, 6) is 1.94. The van der Waals surface area contributed by atoms with Crippen molar-refractivity contribution >= 4 is 29.2 Å². The highest BCUT2D eigenvalue weighted by Gasteiger charge is 2.31. The number of hydrogen-bond donors (Lipinski definition) is 0. The standard InChI is InChI=1S/C14H22N2O2S2/c1-14(2,3)18-13(17)16-6-4-5-11(16)8-19-9-12-7-15-10-20-12/h7,10-11H,4-6,8-9H2,1-3H3. The molecule has 1 atom stereocenters. The molecule has 1 aliphatic rings. The molecule has 0 spiro atoms. The maximum atomic E-state index is 12.1. The van der Waals surface area contributed by atoms with Crippen LogP contribution in [0.4, 0.5) is 4.79 Å². The van der Waals surface area contributed by atoms with Crippen LogP contribution in [0.5, 0.6) is 0 Å². The number of carbonyl (C=O) groups is 1. The maximum Gasteiger partial charge on any atom is 0.410 e. The molecule has 1 aromatic heterocycles. The van der Waals surface area contributed by atoms with E-state index < -0.39 is 5.60 Å². The minimum Gasteiger partial charge on any atom is -0.444 e. The third-order valence-corrected chi connectivity index (χ3v) is 5.14. The van der Waals surface area contributed by atoms with Gasteiger partial charge in [0, 0.05) is 35.2 Å². The molecule has 112 valence electrons. The normalized spacial score (nSPS) is 19.4. The van der Waals surface area contributed by atoms with Crippen LogP contribution >= 0.6 is 23.1 Å². The van der Waals surface area contributed by atoms with Crippen LogP contribution in [-0.4, -0.2) is 39.9 Å². The van der Waals surface area contributed by atoms with E-state index in [0.717, 1.165) is 30.9 Å². The number of carbonyl (C=O) groups excluding carboxylic acids is 1. The van der Waals surface area contributed by atoms with Gasteiger partial charge in [0.2, 0.25) is 0 Å². The predicted molar refractivity (Wildman–Crippen MR) is 84.2 cm³/mol. The lowest BCUT2D eigenvalue weighted by Gasteiger charge is -2.28. The summed E-state index contributed by atoms with van der Waals surface area (Å²) in [6.45, 7) is 6.55. The third-order valence-electron chi connectivity index (χ3n) is 3.04. The average Bonchev–Trinajstić information content (AvgIpc) is 2.97. The summed E-state index contributed by atoms with van der Waals surface area (Å²) in [5, 5.41) is 0. The van der Waals surface area contributed by atoms with Gasteiger partial charge in [-0.1, -0.05) is 0 Å². The Hall–Kier alpha value is -0.750. The molecule has 1 aliphatic heterocycles. The summed E-state index contributed by atoms with van der Waals surface area (Å²) in [6.07, 6.45) is 3.90. The zero-order chi connectivity index (χ0) is 14.6. The first kappa shape index (κ1) is 15.6. The summed E-state index contributed by atoms with van der Waals surface area (Å²) in [4.78, 5) is 19.4. The van der Waals surface area contributed by atoms with Crippen molar-refractivity contribution in [3.05, 3.63) is 16.6 Å². The molecule has 0 bridgehead atoms. The van der Waals surface area contributed by atoms with E-state index in [2.05, 4.69) is 4.98 Å². The van der Waals surface area contributed by atoms with Crippen molar-refractivity contribution in [1.82, 2.24) is 9.88 Å². The second kappa shape index (κ2) is 6.80. The molecule has 2 rings (SSSR count). The maximum absolute atomic E-state index is 12.1. The zero-order valence-electron chi connectivity index (χ0n) is 12.3. The minimum absolute atomic E-state index is 0.168. The quantitative estimate of drug-likeness (QED) is 0.848. The fraction of sp³-hybridized carbons (Fsp3) is 0.714. The van der Waals surface area contributed by atoms with Gasteiger partial charge < -0.3 is 9.64 Å². The van der Waals surface area contributed by atoms with E-state index >= 15 is 0 Å². The Morgan fingerprint density at radius 2 is 2.40 bits per heavy atom. The van der Waals surface area contributed by atoms with Crippen molar-refractivity contribution in [2.45, 2.75) is 51.0 Å². The SMILES string of the molecule is CC(C)(C)OC(=O)N1CCCC1CSCc1cncs1. The molecule has 1 amide bonds. The van der Waals surface area contributed by atoms with Gasteiger partial charge in [-0.2, -0.15) is 11.8 Å². The summed E-state index contributed by atoms with van der Waals surface area (Å²) in [7, 11) is 0. The summed E-state index contributed by atoms with van der Waals surface area (Å²) >= 11 is 3.55. The Labute approximate surface area is 128 Å². The topological polar surface area (TPSA) is 42.4 Å². The number of aromatic nitrogens is 1. The van der Waals surface area contributed by atoms with Crippen molar-refractivity contribution in [3.8, 4) is 0 Å². The highest BCUT2D eigenvalue weighted by atomic mass is 32.2. The highest BCUT2D eigenvalue weighted by molar-refractivity contribution is 7.98. The Morgan fingerprint density at radius 1 is 1.60 bits per heavy atom. The Kier molecular flexibility index (Phi) is 5.32. The molecule has 1 unspecified atom stereocenters. The van der Waals surface area contributed by atoms with Crippen LogP contribution in [-0.2, 0) is 10.5 Å². The zero-order valence-corrected chi connectivity index (χ0v) is 13.9. The van der Waals surface area contributed by atoms with Crippen molar-refractivity contribution in [1.29, 1.82) is 0 Å². The molecule has 1 saturated heterocycles. The number of amides is 1. The van der Waals surface area contributed by atoms with Crippen LogP contribution in [0.3, 0.4) is 0 Å². The van der Waals surface area contributed by atoms with E-state index in [1.807, 2.05) is 49.1 Å². The Bertz CT molecular complexity index is 429. The lowest BCUT2D eigenvalue weighted by molar-refractivity contribution is 0.0242. The van der Waals surface area contributed by atoms with Crippen LogP contribution in [0.1, 0.15) is 38.5 Å². The van der Waals surface area contributed by atoms with Gasteiger partial charge in [-0.25, -0.2) is 4.79 Å². The molecule has 0 aliphatic carbocycles. The molecule has 0 N–H and O–H groups in total. The molecule has 0 saturated carbocycles. The first-order valence-electron chi connectivity index (χ1n) is 6.90. The monoisotopic (exact) mass is 314 g/mol. The van der Waals surface area contributed by atoms with Gasteiger partial charge in [0.05, 0.1) is 5.51 Å². The molecule has 0 radical (unpaired) electrons. The first-order valence-corrected chi connectivity index (χ1v) is 8.94. The van der Waals surface area contributed by atoms with Crippen molar-refractivity contribution in [2.24, 2.45) is 0 Å². The van der Waals surface area contributed by atoms with Crippen LogP contribution in [0.2, 0.25) is 0 Å². The molecular formula is C14H22N2O2S2. The van der Waals surface area contributed by atoms with Gasteiger partial charge in [-0.3, -0.25) is 4.98 Å². The summed E-state index contributed by atoms with van der Waals surface area (Å²) in [6, 6.07) is 0.308. The van der Waals surface area contributed by atoms with Crippen LogP contribution in [0, 0.1) is 0 Å². The van der Waals surface area contributed by atoms with Gasteiger partial charge >= 0.3 is 6.09 Å². The molecule has 4 nitrogen and oxygen atoms in total. The first-order chi connectivity index (χ1) is 9.46. The van der Waals surface area contributed by atoms with Crippen molar-refractivity contribution in [2.75, 3.05) is 12.3 Å². The van der Waals surface area contributed by atoms with E-state index in [1.165, 1.54) is 4.88 Å². The van der Waals surface area contributed by atoms with Gasteiger partial charge in [0.15, 0.2) is 0 Å². The lowest BCUT2D eigenvalue weighted by Crippen LogP contribution is -2.40. The van der Waals surface area contributed by atoms with Crippen molar-refractivity contribution in [3.63, 3.8) is 0 Å². The van der Waals surface area contributed by atoms with Gasteiger partial charge in [0.1, 0.15) is 5.60 Å². The highest BCUT2D eigenvalue weighted by Crippen LogP contribution is 2.25. The number of likely N-dealkylation sites (tertiary alicyclic amines) is 1. The number of thiazole rings is 1. The summed E-state index contributed by atoms with van der Waals surface area (Å²) < 4.78 is 5.47. The number of hydrogen-bond acceptors (Lipinski definition) is 5. The van der Waals surface area contributed by atoms with E-state index in [9.17, 15) is 4.79 Å². The van der Waals surface area contributed by atoms with Crippen LogP contribution in [0.25, 0.3) is 0 Å². The number of nitrogens with zero attached hydrogens (tertiary/aromatic N) is 2. The van der Waals surface area contributed by atoms with Crippen LogP contribution in [0.15, 0.2) is 11.7 Å². The second-order valence-corrected chi connectivity index (χ2v) is 7.95. The molecule has 1 fully saturated rings. The largest absolute Gasteiger partial charge is 0.444 e. The van der Waals surface area contributed by atoms with E-state index in [1.54, 1.807) is 11.3 Å². The van der Waals surface area contributed by atoms with E-state index in [0.29, 0.717) is 6.04 Å². The Morgan fingerprint density at radius 3 is 3.05 bits per heavy atom. The fourth-order valence-corrected chi connectivity index (χ4v) is 4.09. The van der Waals surface area contributed by atoms with E-state index in [-0.39, 0.29) is 6.09 Å². The van der Waals surface area contributed by atoms with Gasteiger partial charge in [-0.15, -0.1) is 11.3 Å². The predicted octanol–water partition coefficient (Wildman–Crippen LogP) is 3.78. The fourth-order valence-electron chi connectivity index (χ4n) is 2.18. The molecule has 0 aromatic carbocycles. The van der Waals surface area contributed by atoms with Gasteiger partial charge in [0.25, 0.3) is 0 Å². The van der Waals surface area contributed by atoms with Gasteiger partial charge in [-0.05, 0) is 33.6 Å². The lowest BCUT2D eigenvalue weighted by atomic mass is 10.2. The Balaban J connectivity index is 1.79. The minimum atomic E-state index is -0.417. The molecule has 20 heavy (non-hydrogen) atoms. The van der Waals surface area contributed by atoms with E-state index in [4.69, 9.17) is 4.74 Å². The molecular weight excluding hydrogens is 292 g/mol. The smallest absolute Gasteiger partial charge is 0.410 e.